The summed E-state index contributed by atoms with van der Waals surface area (Å²) in [5.41, 5.74) is 1.01. The van der Waals surface area contributed by atoms with E-state index in [2.05, 4.69) is 49.0 Å². The van der Waals surface area contributed by atoms with Crippen LogP contribution in [0.25, 0.3) is 0 Å². The highest BCUT2D eigenvalue weighted by atomic mass is 16.5. The molecule has 22 heavy (non-hydrogen) atoms. The van der Waals surface area contributed by atoms with Crippen LogP contribution in [0.15, 0.2) is 6.20 Å². The molecule has 1 N–H and O–H groups in total. The molecule has 0 atom stereocenters. The van der Waals surface area contributed by atoms with Crippen LogP contribution in [-0.4, -0.2) is 27.2 Å². The van der Waals surface area contributed by atoms with E-state index in [1.54, 1.807) is 6.20 Å². The van der Waals surface area contributed by atoms with Gasteiger partial charge in [-0.2, -0.15) is 5.26 Å². The van der Waals surface area contributed by atoms with Crippen molar-refractivity contribution in [2.75, 3.05) is 5.32 Å². The summed E-state index contributed by atoms with van der Waals surface area (Å²) in [5, 5.41) is 12.7. The maximum Gasteiger partial charge on any atom is 0.183 e. The van der Waals surface area contributed by atoms with Crippen LogP contribution < -0.4 is 5.32 Å². The maximum atomic E-state index is 9.28. The topological polar surface area (TPSA) is 70.8 Å². The van der Waals surface area contributed by atoms with Gasteiger partial charge in [-0.15, -0.1) is 0 Å². The summed E-state index contributed by atoms with van der Waals surface area (Å²) >= 11 is 0. The summed E-state index contributed by atoms with van der Waals surface area (Å²) < 4.78 is 6.12. The number of nitrogens with zero attached hydrogens (tertiary/aromatic N) is 3. The lowest BCUT2D eigenvalue weighted by Crippen LogP contribution is -2.49. The second kappa shape index (κ2) is 5.20. The molecule has 5 heteroatoms. The monoisotopic (exact) mass is 300 g/mol. The molecule has 5 nitrogen and oxygen atoms in total. The van der Waals surface area contributed by atoms with E-state index in [0.717, 1.165) is 18.5 Å². The summed E-state index contributed by atoms with van der Waals surface area (Å²) in [5.74, 6) is 1.16. The number of ether oxygens (including phenoxy) is 1. The van der Waals surface area contributed by atoms with Crippen molar-refractivity contribution in [3.05, 3.63) is 17.6 Å². The summed E-state index contributed by atoms with van der Waals surface area (Å²) in [6.45, 7) is 8.44. The molecule has 2 heterocycles. The zero-order valence-corrected chi connectivity index (χ0v) is 13.8. The van der Waals surface area contributed by atoms with Crippen LogP contribution in [0.3, 0.4) is 0 Å². The standard InChI is InChI=1S/C17H24N4O/c1-16(2)7-12(8-17(3,4)22-16)20-15-13(9-18)19-10-14(21-15)11-5-6-11/h10-12H,5-8H2,1-4H3,(H,20,21). The van der Waals surface area contributed by atoms with Crippen molar-refractivity contribution < 1.29 is 4.74 Å². The minimum absolute atomic E-state index is 0.187. The molecule has 2 fully saturated rings. The molecular formula is C17H24N4O. The largest absolute Gasteiger partial charge is 0.370 e. The van der Waals surface area contributed by atoms with Gasteiger partial charge in [-0.05, 0) is 53.4 Å². The Morgan fingerprint density at radius 2 is 1.86 bits per heavy atom. The molecule has 1 aromatic heterocycles. The predicted octanol–water partition coefficient (Wildman–Crippen LogP) is 3.37. The first-order valence-corrected chi connectivity index (χ1v) is 8.02. The van der Waals surface area contributed by atoms with E-state index in [-0.39, 0.29) is 17.2 Å². The van der Waals surface area contributed by atoms with Crippen LogP contribution in [-0.2, 0) is 4.74 Å². The lowest BCUT2D eigenvalue weighted by atomic mass is 9.85. The van der Waals surface area contributed by atoms with Crippen molar-refractivity contribution >= 4 is 5.82 Å². The zero-order chi connectivity index (χ0) is 16.0. The molecular weight excluding hydrogens is 276 g/mol. The van der Waals surface area contributed by atoms with Gasteiger partial charge >= 0.3 is 0 Å². The van der Waals surface area contributed by atoms with Gasteiger partial charge in [0.15, 0.2) is 11.5 Å². The molecule has 1 aromatic rings. The highest BCUT2D eigenvalue weighted by molar-refractivity contribution is 5.49. The van der Waals surface area contributed by atoms with Crippen molar-refractivity contribution in [2.45, 2.75) is 76.5 Å². The molecule has 1 saturated carbocycles. The van der Waals surface area contributed by atoms with Crippen molar-refractivity contribution in [3.8, 4) is 6.07 Å². The molecule has 0 radical (unpaired) electrons. The van der Waals surface area contributed by atoms with Gasteiger partial charge in [0.05, 0.1) is 23.1 Å². The number of anilines is 1. The Morgan fingerprint density at radius 1 is 1.23 bits per heavy atom. The molecule has 1 aliphatic heterocycles. The van der Waals surface area contributed by atoms with Crippen molar-refractivity contribution in [1.29, 1.82) is 5.26 Å². The molecule has 3 rings (SSSR count). The van der Waals surface area contributed by atoms with Gasteiger partial charge in [0.25, 0.3) is 0 Å². The first-order valence-electron chi connectivity index (χ1n) is 8.02. The summed E-state index contributed by atoms with van der Waals surface area (Å²) in [6.07, 6.45) is 5.88. The summed E-state index contributed by atoms with van der Waals surface area (Å²) in [6, 6.07) is 2.38. The molecule has 0 amide bonds. The molecule has 2 aliphatic rings. The Labute approximate surface area is 132 Å². The van der Waals surface area contributed by atoms with Gasteiger partial charge < -0.3 is 10.1 Å². The number of nitrogens with one attached hydrogen (secondary N) is 1. The van der Waals surface area contributed by atoms with Gasteiger partial charge in [0.1, 0.15) is 6.07 Å². The van der Waals surface area contributed by atoms with Crippen LogP contribution in [0.2, 0.25) is 0 Å². The van der Waals surface area contributed by atoms with Gasteiger partial charge in [0, 0.05) is 12.0 Å². The molecule has 0 aromatic carbocycles. The van der Waals surface area contributed by atoms with E-state index < -0.39 is 0 Å². The number of nitriles is 1. The second-order valence-electron chi connectivity index (χ2n) is 7.75. The second-order valence-corrected chi connectivity index (χ2v) is 7.75. The average molecular weight is 300 g/mol. The quantitative estimate of drug-likeness (QED) is 0.926. The Balaban J connectivity index is 1.82. The third-order valence-corrected chi connectivity index (χ3v) is 4.26. The minimum atomic E-state index is -0.187. The van der Waals surface area contributed by atoms with Gasteiger partial charge in [0.2, 0.25) is 0 Å². The normalized spacial score (nSPS) is 23.8. The third kappa shape index (κ3) is 3.38. The predicted molar refractivity (Wildman–Crippen MR) is 84.6 cm³/mol. The van der Waals surface area contributed by atoms with E-state index in [9.17, 15) is 5.26 Å². The molecule has 118 valence electrons. The van der Waals surface area contributed by atoms with Crippen molar-refractivity contribution in [2.24, 2.45) is 0 Å². The summed E-state index contributed by atoms with van der Waals surface area (Å²) in [7, 11) is 0. The van der Waals surface area contributed by atoms with Gasteiger partial charge in [-0.25, -0.2) is 9.97 Å². The van der Waals surface area contributed by atoms with Crippen LogP contribution in [0.5, 0.6) is 0 Å². The lowest BCUT2D eigenvalue weighted by molar-refractivity contribution is -0.158. The zero-order valence-electron chi connectivity index (χ0n) is 13.8. The Morgan fingerprint density at radius 3 is 2.41 bits per heavy atom. The third-order valence-electron chi connectivity index (χ3n) is 4.26. The van der Waals surface area contributed by atoms with Crippen molar-refractivity contribution in [1.82, 2.24) is 9.97 Å². The number of rotatable bonds is 3. The van der Waals surface area contributed by atoms with E-state index in [0.29, 0.717) is 17.4 Å². The van der Waals surface area contributed by atoms with E-state index >= 15 is 0 Å². The number of hydrogen-bond acceptors (Lipinski definition) is 5. The van der Waals surface area contributed by atoms with Crippen LogP contribution in [0.4, 0.5) is 5.82 Å². The summed E-state index contributed by atoms with van der Waals surface area (Å²) in [4.78, 5) is 8.94. The number of hydrogen-bond donors (Lipinski definition) is 1. The lowest BCUT2D eigenvalue weighted by Gasteiger charge is -2.45. The fraction of sp³-hybridized carbons (Fsp3) is 0.706. The first-order chi connectivity index (χ1) is 10.3. The Hall–Kier alpha value is -1.67. The van der Waals surface area contributed by atoms with Gasteiger partial charge in [-0.3, -0.25) is 0 Å². The molecule has 0 spiro atoms. The highest BCUT2D eigenvalue weighted by Crippen LogP contribution is 2.40. The van der Waals surface area contributed by atoms with Crippen molar-refractivity contribution in [3.63, 3.8) is 0 Å². The van der Waals surface area contributed by atoms with Crippen LogP contribution in [0, 0.1) is 11.3 Å². The molecule has 0 unspecified atom stereocenters. The molecule has 1 aliphatic carbocycles. The minimum Gasteiger partial charge on any atom is -0.370 e. The van der Waals surface area contributed by atoms with Crippen LogP contribution in [0.1, 0.15) is 70.7 Å². The van der Waals surface area contributed by atoms with E-state index in [1.165, 1.54) is 12.8 Å². The number of aromatic nitrogens is 2. The first kappa shape index (κ1) is 15.2. The average Bonchev–Trinajstić information content (AvgIpc) is 3.18. The van der Waals surface area contributed by atoms with Crippen LogP contribution >= 0.6 is 0 Å². The maximum absolute atomic E-state index is 9.28. The van der Waals surface area contributed by atoms with Gasteiger partial charge in [-0.1, -0.05) is 0 Å². The smallest absolute Gasteiger partial charge is 0.183 e. The van der Waals surface area contributed by atoms with E-state index in [1.807, 2.05) is 0 Å². The Kier molecular flexibility index (Phi) is 3.60. The fourth-order valence-corrected chi connectivity index (χ4v) is 3.55. The molecule has 1 saturated heterocycles. The highest BCUT2D eigenvalue weighted by Gasteiger charge is 2.39. The Bertz CT molecular complexity index is 598. The van der Waals surface area contributed by atoms with E-state index in [4.69, 9.17) is 4.74 Å². The SMILES string of the molecule is CC1(C)CC(Nc2nc(C3CC3)cnc2C#N)CC(C)(C)O1. The molecule has 0 bridgehead atoms. The fourth-order valence-electron chi connectivity index (χ4n) is 3.55.